The molecule has 1 N–H and O–H groups in total. The van der Waals surface area contributed by atoms with Gasteiger partial charge in [-0.25, -0.2) is 0 Å². The summed E-state index contributed by atoms with van der Waals surface area (Å²) in [7, 11) is 0. The molecule has 1 heteroatoms. The Morgan fingerprint density at radius 2 is 1.21 bits per heavy atom. The van der Waals surface area contributed by atoms with Crippen LogP contribution in [0.2, 0.25) is 0 Å². The molecule has 0 spiro atoms. The third-order valence-electron chi connectivity index (χ3n) is 4.40. The minimum absolute atomic E-state index is 0.828. The fraction of sp³-hybridized carbons (Fsp3) is 1.00. The molecule has 2 rings (SSSR count). The lowest BCUT2D eigenvalue weighted by molar-refractivity contribution is 0.243. The summed E-state index contributed by atoms with van der Waals surface area (Å²) in [5.74, 6) is 1.83. The van der Waals surface area contributed by atoms with Crippen LogP contribution < -0.4 is 5.32 Å². The van der Waals surface area contributed by atoms with E-state index in [2.05, 4.69) is 19.2 Å². The van der Waals surface area contributed by atoms with Crippen molar-refractivity contribution in [2.45, 2.75) is 70.9 Å². The first-order valence-corrected chi connectivity index (χ1v) is 6.53. The zero-order valence-electron chi connectivity index (χ0n) is 9.76. The zero-order chi connectivity index (χ0) is 9.97. The summed E-state index contributed by atoms with van der Waals surface area (Å²) >= 11 is 0. The molecule has 0 heterocycles. The van der Waals surface area contributed by atoms with Crippen LogP contribution in [0.5, 0.6) is 0 Å². The summed E-state index contributed by atoms with van der Waals surface area (Å²) < 4.78 is 0. The van der Waals surface area contributed by atoms with Crippen molar-refractivity contribution in [2.24, 2.45) is 11.8 Å². The fourth-order valence-corrected chi connectivity index (χ4v) is 3.23. The van der Waals surface area contributed by atoms with E-state index in [1.54, 1.807) is 0 Å². The van der Waals surface area contributed by atoms with E-state index in [0.29, 0.717) is 0 Å². The van der Waals surface area contributed by atoms with Crippen molar-refractivity contribution >= 4 is 0 Å². The van der Waals surface area contributed by atoms with E-state index >= 15 is 0 Å². The summed E-state index contributed by atoms with van der Waals surface area (Å²) in [6.45, 7) is 4.84. The van der Waals surface area contributed by atoms with Crippen LogP contribution >= 0.6 is 0 Å². The van der Waals surface area contributed by atoms with E-state index in [1.807, 2.05) is 0 Å². The third kappa shape index (κ3) is 2.31. The van der Waals surface area contributed by atoms with Crippen LogP contribution in [0.3, 0.4) is 0 Å². The van der Waals surface area contributed by atoms with E-state index in [4.69, 9.17) is 0 Å². The molecule has 0 radical (unpaired) electrons. The molecule has 0 aliphatic heterocycles. The van der Waals surface area contributed by atoms with Gasteiger partial charge in [-0.05, 0) is 37.5 Å². The van der Waals surface area contributed by atoms with Gasteiger partial charge in [0.2, 0.25) is 0 Å². The molecular weight excluding hydrogens is 170 g/mol. The summed E-state index contributed by atoms with van der Waals surface area (Å²) in [6.07, 6.45) is 10.1. The van der Waals surface area contributed by atoms with Gasteiger partial charge in [0.05, 0.1) is 0 Å². The Morgan fingerprint density at radius 1 is 0.714 bits per heavy atom. The van der Waals surface area contributed by atoms with Crippen molar-refractivity contribution in [3.05, 3.63) is 0 Å². The number of nitrogens with one attached hydrogen (secondary N) is 1. The maximum Gasteiger partial charge on any atom is 0.00953 e. The molecule has 0 saturated heterocycles. The minimum Gasteiger partial charge on any atom is -0.311 e. The SMILES string of the molecule is CC1CCCCC1NC1CCCC1C. The molecule has 0 aromatic carbocycles. The first-order valence-electron chi connectivity index (χ1n) is 6.53. The fourth-order valence-electron chi connectivity index (χ4n) is 3.23. The van der Waals surface area contributed by atoms with Crippen molar-refractivity contribution in [3.63, 3.8) is 0 Å². The van der Waals surface area contributed by atoms with Gasteiger partial charge < -0.3 is 5.32 Å². The molecule has 14 heavy (non-hydrogen) atoms. The predicted molar refractivity (Wildman–Crippen MR) is 61.4 cm³/mol. The van der Waals surface area contributed by atoms with Crippen molar-refractivity contribution in [1.82, 2.24) is 5.32 Å². The second-order valence-corrected chi connectivity index (χ2v) is 5.55. The quantitative estimate of drug-likeness (QED) is 0.712. The Kier molecular flexibility index (Phi) is 3.48. The lowest BCUT2D eigenvalue weighted by atomic mass is 9.85. The molecule has 2 aliphatic rings. The Labute approximate surface area is 88.7 Å². The van der Waals surface area contributed by atoms with Gasteiger partial charge in [-0.1, -0.05) is 33.1 Å². The lowest BCUT2D eigenvalue weighted by Gasteiger charge is -2.33. The van der Waals surface area contributed by atoms with Gasteiger partial charge in [-0.2, -0.15) is 0 Å². The van der Waals surface area contributed by atoms with Crippen LogP contribution in [-0.4, -0.2) is 12.1 Å². The van der Waals surface area contributed by atoms with Crippen LogP contribution in [0.1, 0.15) is 58.8 Å². The van der Waals surface area contributed by atoms with Gasteiger partial charge in [0.1, 0.15) is 0 Å². The molecule has 0 aromatic rings. The van der Waals surface area contributed by atoms with E-state index in [-0.39, 0.29) is 0 Å². The van der Waals surface area contributed by atoms with Crippen LogP contribution in [0.25, 0.3) is 0 Å². The second kappa shape index (κ2) is 4.65. The molecule has 2 aliphatic carbocycles. The largest absolute Gasteiger partial charge is 0.311 e. The maximum atomic E-state index is 3.92. The van der Waals surface area contributed by atoms with Crippen molar-refractivity contribution in [3.8, 4) is 0 Å². The van der Waals surface area contributed by atoms with Crippen LogP contribution in [-0.2, 0) is 0 Å². The summed E-state index contributed by atoms with van der Waals surface area (Å²) in [6, 6.07) is 1.66. The van der Waals surface area contributed by atoms with Crippen molar-refractivity contribution in [2.75, 3.05) is 0 Å². The second-order valence-electron chi connectivity index (χ2n) is 5.55. The van der Waals surface area contributed by atoms with Crippen molar-refractivity contribution in [1.29, 1.82) is 0 Å². The first-order chi connectivity index (χ1) is 6.77. The Bertz CT molecular complexity index is 178. The highest BCUT2D eigenvalue weighted by molar-refractivity contribution is 4.86. The van der Waals surface area contributed by atoms with E-state index in [9.17, 15) is 0 Å². The summed E-state index contributed by atoms with van der Waals surface area (Å²) in [5, 5.41) is 3.92. The van der Waals surface area contributed by atoms with Gasteiger partial charge in [-0.15, -0.1) is 0 Å². The van der Waals surface area contributed by atoms with E-state index in [1.165, 1.54) is 44.9 Å². The molecule has 2 saturated carbocycles. The molecule has 4 atom stereocenters. The van der Waals surface area contributed by atoms with Gasteiger partial charge in [0.15, 0.2) is 0 Å². The average molecular weight is 195 g/mol. The topological polar surface area (TPSA) is 12.0 Å². The monoisotopic (exact) mass is 195 g/mol. The van der Waals surface area contributed by atoms with Gasteiger partial charge in [0.25, 0.3) is 0 Å². The smallest absolute Gasteiger partial charge is 0.00953 e. The van der Waals surface area contributed by atoms with E-state index in [0.717, 1.165) is 23.9 Å². The highest BCUT2D eigenvalue weighted by Crippen LogP contribution is 2.29. The molecule has 2 fully saturated rings. The first kappa shape index (κ1) is 10.5. The number of rotatable bonds is 2. The highest BCUT2D eigenvalue weighted by atomic mass is 15.0. The predicted octanol–water partition coefficient (Wildman–Crippen LogP) is 3.34. The van der Waals surface area contributed by atoms with Crippen LogP contribution in [0.4, 0.5) is 0 Å². The highest BCUT2D eigenvalue weighted by Gasteiger charge is 2.28. The Morgan fingerprint density at radius 3 is 1.71 bits per heavy atom. The van der Waals surface area contributed by atoms with E-state index < -0.39 is 0 Å². The number of hydrogen-bond acceptors (Lipinski definition) is 1. The molecule has 0 amide bonds. The van der Waals surface area contributed by atoms with Crippen LogP contribution in [0.15, 0.2) is 0 Å². The molecule has 82 valence electrons. The molecule has 0 bridgehead atoms. The molecule has 4 unspecified atom stereocenters. The average Bonchev–Trinajstić information content (AvgIpc) is 2.56. The van der Waals surface area contributed by atoms with Gasteiger partial charge in [0, 0.05) is 12.1 Å². The molecule has 1 nitrogen and oxygen atoms in total. The van der Waals surface area contributed by atoms with Crippen molar-refractivity contribution < 1.29 is 0 Å². The third-order valence-corrected chi connectivity index (χ3v) is 4.40. The normalized spacial score (nSPS) is 44.1. The standard InChI is InChI=1S/C13H25N/c1-10-6-3-4-8-12(10)14-13-9-5-7-11(13)2/h10-14H,3-9H2,1-2H3. The molecule has 0 aromatic heterocycles. The lowest BCUT2D eigenvalue weighted by Crippen LogP contribution is -2.44. The molecular formula is C13H25N. The maximum absolute atomic E-state index is 3.92. The minimum atomic E-state index is 0.828. The number of hydrogen-bond donors (Lipinski definition) is 1. The van der Waals surface area contributed by atoms with Crippen LogP contribution in [0, 0.1) is 11.8 Å². The van der Waals surface area contributed by atoms with Gasteiger partial charge in [-0.3, -0.25) is 0 Å². The Hall–Kier alpha value is -0.0400. The zero-order valence-corrected chi connectivity index (χ0v) is 9.76. The van der Waals surface area contributed by atoms with Gasteiger partial charge >= 0.3 is 0 Å². The Balaban J connectivity index is 1.83. The summed E-state index contributed by atoms with van der Waals surface area (Å²) in [5.41, 5.74) is 0. The summed E-state index contributed by atoms with van der Waals surface area (Å²) in [4.78, 5) is 0.